The molecule has 7 rings (SSSR count). The number of methoxy groups -OCH3 is 3. The lowest BCUT2D eigenvalue weighted by Crippen LogP contribution is -2.29. The molecule has 3 aromatic carbocycles. The summed E-state index contributed by atoms with van der Waals surface area (Å²) in [5.74, 6) is -0.575. The lowest BCUT2D eigenvalue weighted by Gasteiger charge is -2.24. The predicted molar refractivity (Wildman–Crippen MR) is 189 cm³/mol. The first-order valence-electron chi connectivity index (χ1n) is 15.2. The van der Waals surface area contributed by atoms with Gasteiger partial charge in [-0.15, -0.1) is 10.2 Å². The maximum atomic E-state index is 14.0. The Morgan fingerprint density at radius 3 is 2.39 bits per heavy atom. The molecule has 0 bridgehead atoms. The van der Waals surface area contributed by atoms with Crippen LogP contribution in [-0.4, -0.2) is 57.7 Å². The maximum absolute atomic E-state index is 14.0. The Hall–Kier alpha value is -5.40. The number of imidazole rings is 1. The molecule has 1 aliphatic heterocycles. The number of rotatable bonds is 9. The summed E-state index contributed by atoms with van der Waals surface area (Å²) in [6, 6.07) is 20.3. The second-order valence-corrected chi connectivity index (χ2v) is 13.5. The number of Topliss-reactive ketones (excluding diaryl/α,β-unsaturated/α-hetero) is 1. The first kappa shape index (κ1) is 32.2. The number of nitrogens with zero attached hydrogens (tertiary/aromatic N) is 5. The van der Waals surface area contributed by atoms with Gasteiger partial charge in [0.1, 0.15) is 11.3 Å². The SMILES string of the molecule is COc1cc(C2/C(=C(\O)c3nc4c(C)cccn4c3C)C(=O)C(=O)N2c2nnc(SCc3cccc4ccccc34)s2)cc(OC)c1OC. The van der Waals surface area contributed by atoms with Gasteiger partial charge >= 0.3 is 5.91 Å². The van der Waals surface area contributed by atoms with Crippen molar-refractivity contribution in [2.45, 2.75) is 30.0 Å². The normalized spacial score (nSPS) is 15.8. The van der Waals surface area contributed by atoms with Crippen LogP contribution in [0.15, 0.2) is 82.8 Å². The number of amides is 1. The predicted octanol–water partition coefficient (Wildman–Crippen LogP) is 6.90. The van der Waals surface area contributed by atoms with E-state index in [0.717, 1.165) is 21.9 Å². The van der Waals surface area contributed by atoms with E-state index in [1.165, 1.54) is 49.3 Å². The number of hydrogen-bond acceptors (Lipinski definition) is 11. The Balaban J connectivity index is 1.35. The van der Waals surface area contributed by atoms with Gasteiger partial charge in [0.2, 0.25) is 10.9 Å². The molecule has 0 aliphatic carbocycles. The molecule has 3 aromatic heterocycles. The van der Waals surface area contributed by atoms with Gasteiger partial charge in [0.05, 0.1) is 38.6 Å². The number of aryl methyl sites for hydroxylation is 2. The second kappa shape index (κ2) is 12.9. The number of fused-ring (bicyclic) bond motifs is 2. The average molecular weight is 694 g/mol. The number of pyridine rings is 1. The molecule has 248 valence electrons. The van der Waals surface area contributed by atoms with E-state index >= 15 is 0 Å². The van der Waals surface area contributed by atoms with Gasteiger partial charge in [0, 0.05) is 11.9 Å². The lowest BCUT2D eigenvalue weighted by molar-refractivity contribution is -0.132. The maximum Gasteiger partial charge on any atom is 0.301 e. The molecule has 11 nitrogen and oxygen atoms in total. The zero-order valence-corrected chi connectivity index (χ0v) is 28.9. The fourth-order valence-corrected chi connectivity index (χ4v) is 8.07. The van der Waals surface area contributed by atoms with Crippen LogP contribution in [0, 0.1) is 13.8 Å². The van der Waals surface area contributed by atoms with Crippen LogP contribution in [0.2, 0.25) is 0 Å². The summed E-state index contributed by atoms with van der Waals surface area (Å²) in [5.41, 5.74) is 3.71. The molecule has 1 unspecified atom stereocenters. The van der Waals surface area contributed by atoms with E-state index in [4.69, 9.17) is 19.2 Å². The number of anilines is 1. The zero-order chi connectivity index (χ0) is 34.4. The molecule has 1 aliphatic rings. The van der Waals surface area contributed by atoms with Gasteiger partial charge in [-0.25, -0.2) is 4.98 Å². The molecule has 1 saturated heterocycles. The van der Waals surface area contributed by atoms with Crippen molar-refractivity contribution >= 4 is 62.1 Å². The molecule has 0 spiro atoms. The fourth-order valence-electron chi connectivity index (χ4n) is 6.19. The highest BCUT2D eigenvalue weighted by Crippen LogP contribution is 2.48. The third kappa shape index (κ3) is 5.44. The average Bonchev–Trinajstić information content (AvgIpc) is 3.80. The molecule has 13 heteroatoms. The monoisotopic (exact) mass is 693 g/mol. The van der Waals surface area contributed by atoms with Crippen molar-refractivity contribution in [3.63, 3.8) is 0 Å². The Labute approximate surface area is 289 Å². The minimum Gasteiger partial charge on any atom is -0.505 e. The van der Waals surface area contributed by atoms with Crippen LogP contribution in [-0.2, 0) is 15.3 Å². The molecule has 6 aromatic rings. The minimum atomic E-state index is -1.12. The van der Waals surface area contributed by atoms with E-state index in [0.29, 0.717) is 44.2 Å². The van der Waals surface area contributed by atoms with Crippen LogP contribution in [0.25, 0.3) is 22.2 Å². The van der Waals surface area contributed by atoms with Crippen LogP contribution in [0.4, 0.5) is 5.13 Å². The molecule has 49 heavy (non-hydrogen) atoms. The van der Waals surface area contributed by atoms with Gasteiger partial charge in [0.15, 0.2) is 21.6 Å². The molecule has 1 N–H and O–H groups in total. The fraction of sp³-hybridized carbons (Fsp3) is 0.194. The smallest absolute Gasteiger partial charge is 0.301 e. The number of aromatic nitrogens is 4. The first-order valence-corrected chi connectivity index (χ1v) is 17.0. The molecule has 1 fully saturated rings. The lowest BCUT2D eigenvalue weighted by atomic mass is 9.95. The van der Waals surface area contributed by atoms with Crippen molar-refractivity contribution in [1.29, 1.82) is 0 Å². The topological polar surface area (TPSA) is 128 Å². The van der Waals surface area contributed by atoms with E-state index < -0.39 is 23.5 Å². The number of ether oxygens (including phenoxy) is 3. The van der Waals surface area contributed by atoms with Gasteiger partial charge < -0.3 is 23.7 Å². The summed E-state index contributed by atoms with van der Waals surface area (Å²) in [6.07, 6.45) is 1.83. The Morgan fingerprint density at radius 1 is 0.939 bits per heavy atom. The van der Waals surface area contributed by atoms with E-state index in [-0.39, 0.29) is 16.4 Å². The second-order valence-electron chi connectivity index (χ2n) is 11.3. The van der Waals surface area contributed by atoms with Crippen molar-refractivity contribution in [3.8, 4) is 17.2 Å². The molecular weight excluding hydrogens is 663 g/mol. The van der Waals surface area contributed by atoms with Gasteiger partial charge in [0.25, 0.3) is 5.78 Å². The van der Waals surface area contributed by atoms with Crippen LogP contribution in [0.1, 0.15) is 34.1 Å². The minimum absolute atomic E-state index is 0.149. The van der Waals surface area contributed by atoms with Crippen LogP contribution in [0.3, 0.4) is 0 Å². The van der Waals surface area contributed by atoms with Crippen LogP contribution < -0.4 is 19.1 Å². The van der Waals surface area contributed by atoms with Crippen molar-refractivity contribution in [2.24, 2.45) is 0 Å². The summed E-state index contributed by atoms with van der Waals surface area (Å²) >= 11 is 2.67. The van der Waals surface area contributed by atoms with E-state index in [1.54, 1.807) is 19.1 Å². The number of aliphatic hydroxyl groups excluding tert-OH is 1. The van der Waals surface area contributed by atoms with E-state index in [2.05, 4.69) is 34.5 Å². The molecule has 1 amide bonds. The first-order chi connectivity index (χ1) is 23.7. The van der Waals surface area contributed by atoms with E-state index in [1.807, 2.05) is 47.9 Å². The molecule has 4 heterocycles. The third-order valence-corrected chi connectivity index (χ3v) is 10.7. The van der Waals surface area contributed by atoms with Gasteiger partial charge in [-0.3, -0.25) is 14.5 Å². The summed E-state index contributed by atoms with van der Waals surface area (Å²) in [5, 5.41) is 23.2. The summed E-state index contributed by atoms with van der Waals surface area (Å²) < 4.78 is 19.2. The quantitative estimate of drug-likeness (QED) is 0.0562. The van der Waals surface area contributed by atoms with Crippen LogP contribution in [0.5, 0.6) is 17.2 Å². The molecule has 0 saturated carbocycles. The van der Waals surface area contributed by atoms with E-state index in [9.17, 15) is 14.7 Å². The largest absolute Gasteiger partial charge is 0.505 e. The Morgan fingerprint density at radius 2 is 1.67 bits per heavy atom. The molecule has 1 atom stereocenters. The van der Waals surface area contributed by atoms with Crippen molar-refractivity contribution < 1.29 is 28.9 Å². The number of carbonyl (C=O) groups is 2. The van der Waals surface area contributed by atoms with Crippen molar-refractivity contribution in [1.82, 2.24) is 19.6 Å². The van der Waals surface area contributed by atoms with Crippen LogP contribution >= 0.6 is 23.1 Å². The number of thioether (sulfide) groups is 1. The van der Waals surface area contributed by atoms with Gasteiger partial charge in [-0.2, -0.15) is 0 Å². The number of carbonyl (C=O) groups excluding carboxylic acids is 2. The number of hydrogen-bond donors (Lipinski definition) is 1. The summed E-state index contributed by atoms with van der Waals surface area (Å²) in [7, 11) is 4.44. The van der Waals surface area contributed by atoms with Crippen molar-refractivity contribution in [3.05, 3.63) is 107 Å². The Bertz CT molecular complexity index is 2280. The highest BCUT2D eigenvalue weighted by atomic mass is 32.2. The van der Waals surface area contributed by atoms with Crippen molar-refractivity contribution in [2.75, 3.05) is 26.2 Å². The zero-order valence-electron chi connectivity index (χ0n) is 27.3. The van der Waals surface area contributed by atoms with Gasteiger partial charge in [-0.1, -0.05) is 71.6 Å². The highest BCUT2D eigenvalue weighted by molar-refractivity contribution is 8.00. The molecule has 0 radical (unpaired) electrons. The standard InChI is InChI=1S/C36H31N5O6S2/c1-19-10-9-15-40-20(2)28(37-33(19)40)30(42)27-29(23-16-25(45-3)32(47-5)26(17-23)46-4)41(34(44)31(27)43)35-38-39-36(49-35)48-18-22-13-8-12-21-11-6-7-14-24(21)22/h6-17,29,42H,18H2,1-5H3/b30-27+. The highest BCUT2D eigenvalue weighted by Gasteiger charge is 2.49. The van der Waals surface area contributed by atoms with Gasteiger partial charge in [-0.05, 0) is 59.5 Å². The number of aliphatic hydroxyl groups is 1. The number of benzene rings is 3. The summed E-state index contributed by atoms with van der Waals surface area (Å²) in [4.78, 5) is 33.9. The summed E-state index contributed by atoms with van der Waals surface area (Å²) in [6.45, 7) is 3.70. The molecular formula is C36H31N5O6S2. The third-order valence-electron chi connectivity index (χ3n) is 8.59. The number of ketones is 1. The Kier molecular flexibility index (Phi) is 8.47.